The summed E-state index contributed by atoms with van der Waals surface area (Å²) in [6.07, 6.45) is 4.79. The van der Waals surface area contributed by atoms with Crippen LogP contribution in [0.4, 0.5) is 5.69 Å². The van der Waals surface area contributed by atoms with E-state index < -0.39 is 0 Å². The Morgan fingerprint density at radius 1 is 1.36 bits per heavy atom. The van der Waals surface area contributed by atoms with E-state index in [1.165, 1.54) is 4.68 Å². The van der Waals surface area contributed by atoms with Crippen molar-refractivity contribution in [1.82, 2.24) is 14.3 Å². The van der Waals surface area contributed by atoms with E-state index in [9.17, 15) is 9.59 Å². The molecule has 1 unspecified atom stereocenters. The highest BCUT2D eigenvalue weighted by molar-refractivity contribution is 5.92. The zero-order chi connectivity index (χ0) is 19.7. The van der Waals surface area contributed by atoms with Gasteiger partial charge in [-0.05, 0) is 32.8 Å². The first-order chi connectivity index (χ1) is 13.5. The van der Waals surface area contributed by atoms with Crippen molar-refractivity contribution in [2.75, 3.05) is 11.9 Å². The first-order valence-electron chi connectivity index (χ1n) is 9.98. The molecule has 1 N–H and O–H groups in total. The third-order valence-electron chi connectivity index (χ3n) is 5.15. The van der Waals surface area contributed by atoms with E-state index >= 15 is 0 Å². The lowest BCUT2D eigenvalue weighted by atomic mass is 10.1. The zero-order valence-corrected chi connectivity index (χ0v) is 16.4. The number of nitrogens with zero attached hydrogens (tertiary/aromatic N) is 3. The summed E-state index contributed by atoms with van der Waals surface area (Å²) in [4.78, 5) is 25.2. The minimum atomic E-state index is -0.317. The lowest BCUT2D eigenvalue weighted by molar-refractivity contribution is -0.117. The molecule has 2 aromatic rings. The fourth-order valence-electron chi connectivity index (χ4n) is 3.87. The van der Waals surface area contributed by atoms with Crippen LogP contribution in [0.25, 0.3) is 0 Å². The normalized spacial score (nSPS) is 18.0. The Hall–Kier alpha value is -2.77. The van der Waals surface area contributed by atoms with E-state index in [1.807, 2.05) is 19.9 Å². The number of nitrogens with one attached hydrogen (secondary N) is 1. The molecule has 150 valence electrons. The minimum absolute atomic E-state index is 0.106. The number of aryl methyl sites for hydroxylation is 1. The number of carbonyl (C=O) groups excluding carboxylic acids is 1. The summed E-state index contributed by atoms with van der Waals surface area (Å²) in [6, 6.07) is 3.72. The topological polar surface area (TPSA) is 87.4 Å². The molecule has 8 nitrogen and oxygen atoms in total. The van der Waals surface area contributed by atoms with E-state index in [-0.39, 0.29) is 24.2 Å². The van der Waals surface area contributed by atoms with E-state index in [0.717, 1.165) is 49.2 Å². The van der Waals surface area contributed by atoms with Gasteiger partial charge >= 0.3 is 5.69 Å². The summed E-state index contributed by atoms with van der Waals surface area (Å²) in [5.74, 6) is 1.82. The van der Waals surface area contributed by atoms with Gasteiger partial charge < -0.3 is 14.8 Å². The van der Waals surface area contributed by atoms with Crippen LogP contribution in [-0.4, -0.2) is 33.0 Å². The molecule has 0 fully saturated rings. The van der Waals surface area contributed by atoms with Crippen molar-refractivity contribution in [3.8, 4) is 11.5 Å². The van der Waals surface area contributed by atoms with Crippen LogP contribution in [0.1, 0.15) is 44.5 Å². The van der Waals surface area contributed by atoms with Crippen LogP contribution in [0.15, 0.2) is 16.9 Å². The van der Waals surface area contributed by atoms with Gasteiger partial charge in [0.15, 0.2) is 0 Å². The molecule has 1 aromatic heterocycles. The molecule has 28 heavy (non-hydrogen) atoms. The Labute approximate surface area is 163 Å². The van der Waals surface area contributed by atoms with E-state index in [1.54, 1.807) is 10.6 Å². The Kier molecular flexibility index (Phi) is 5.11. The van der Waals surface area contributed by atoms with Crippen molar-refractivity contribution >= 4 is 11.6 Å². The average molecular weight is 386 g/mol. The zero-order valence-electron chi connectivity index (χ0n) is 16.4. The van der Waals surface area contributed by atoms with Gasteiger partial charge in [0.05, 0.1) is 12.3 Å². The van der Waals surface area contributed by atoms with Gasteiger partial charge in [-0.3, -0.25) is 9.36 Å². The Bertz CT molecular complexity index is 946. The summed E-state index contributed by atoms with van der Waals surface area (Å²) in [5.41, 5.74) is 1.40. The summed E-state index contributed by atoms with van der Waals surface area (Å²) in [6.45, 7) is 4.94. The van der Waals surface area contributed by atoms with Crippen molar-refractivity contribution in [2.45, 2.75) is 65.1 Å². The van der Waals surface area contributed by atoms with Crippen LogP contribution in [0.2, 0.25) is 0 Å². The highest BCUT2D eigenvalue weighted by Crippen LogP contribution is 2.38. The van der Waals surface area contributed by atoms with Gasteiger partial charge in [0, 0.05) is 31.0 Å². The summed E-state index contributed by atoms with van der Waals surface area (Å²) in [5, 5.41) is 7.22. The van der Waals surface area contributed by atoms with Crippen molar-refractivity contribution in [3.63, 3.8) is 0 Å². The molecule has 0 bridgehead atoms. The van der Waals surface area contributed by atoms with Crippen molar-refractivity contribution < 1.29 is 14.3 Å². The number of carbonyl (C=O) groups is 1. The van der Waals surface area contributed by atoms with Gasteiger partial charge in [0.1, 0.15) is 30.0 Å². The molecule has 4 rings (SSSR count). The second-order valence-electron chi connectivity index (χ2n) is 7.39. The standard InChI is InChI=1S/C20H26N4O4/c1-3-27-17-10-14-9-13(2)28-16(14)11-15(17)21-19(25)12-24-20(26)23-8-6-4-5-7-18(23)22-24/h10-11,13H,3-9,12H2,1-2H3,(H,21,25). The van der Waals surface area contributed by atoms with Crippen molar-refractivity contribution in [3.05, 3.63) is 34.0 Å². The number of hydrogen-bond acceptors (Lipinski definition) is 5. The van der Waals surface area contributed by atoms with Gasteiger partial charge in [0.25, 0.3) is 0 Å². The Balaban J connectivity index is 1.53. The molecule has 0 saturated heterocycles. The highest BCUT2D eigenvalue weighted by Gasteiger charge is 2.23. The average Bonchev–Trinajstić information content (AvgIpc) is 3.04. The molecular weight excluding hydrogens is 360 g/mol. The lowest BCUT2D eigenvalue weighted by Gasteiger charge is -2.13. The molecule has 0 spiro atoms. The first-order valence-corrected chi connectivity index (χ1v) is 9.98. The van der Waals surface area contributed by atoms with Crippen LogP contribution in [0, 0.1) is 0 Å². The maximum Gasteiger partial charge on any atom is 0.346 e. The molecule has 1 aromatic carbocycles. The van der Waals surface area contributed by atoms with Gasteiger partial charge in [-0.25, -0.2) is 9.48 Å². The third kappa shape index (κ3) is 3.63. The lowest BCUT2D eigenvalue weighted by Crippen LogP contribution is -2.30. The monoisotopic (exact) mass is 386 g/mol. The van der Waals surface area contributed by atoms with Crippen LogP contribution in [-0.2, 0) is 30.7 Å². The molecule has 2 aliphatic rings. The molecule has 0 saturated carbocycles. The minimum Gasteiger partial charge on any atom is -0.492 e. The predicted octanol–water partition coefficient (Wildman–Crippen LogP) is 2.13. The number of benzene rings is 1. The number of hydrogen-bond donors (Lipinski definition) is 1. The maximum absolute atomic E-state index is 12.6. The molecule has 1 atom stereocenters. The number of fused-ring (bicyclic) bond motifs is 2. The summed E-state index contributed by atoms with van der Waals surface area (Å²) < 4.78 is 14.4. The Morgan fingerprint density at radius 2 is 2.21 bits per heavy atom. The maximum atomic E-state index is 12.6. The van der Waals surface area contributed by atoms with E-state index in [4.69, 9.17) is 9.47 Å². The molecule has 0 aliphatic carbocycles. The largest absolute Gasteiger partial charge is 0.492 e. The summed E-state index contributed by atoms with van der Waals surface area (Å²) in [7, 11) is 0. The fraction of sp³-hybridized carbons (Fsp3) is 0.550. The number of amides is 1. The second kappa shape index (κ2) is 7.69. The van der Waals surface area contributed by atoms with E-state index in [0.29, 0.717) is 24.6 Å². The number of anilines is 1. The molecule has 3 heterocycles. The van der Waals surface area contributed by atoms with Gasteiger partial charge in [0.2, 0.25) is 5.91 Å². The van der Waals surface area contributed by atoms with Gasteiger partial charge in [-0.15, -0.1) is 0 Å². The van der Waals surface area contributed by atoms with Crippen LogP contribution < -0.4 is 20.5 Å². The third-order valence-corrected chi connectivity index (χ3v) is 5.15. The molecule has 0 radical (unpaired) electrons. The fourth-order valence-corrected chi connectivity index (χ4v) is 3.87. The van der Waals surface area contributed by atoms with Crippen LogP contribution >= 0.6 is 0 Å². The second-order valence-corrected chi connectivity index (χ2v) is 7.39. The van der Waals surface area contributed by atoms with Gasteiger partial charge in [-0.1, -0.05) is 6.42 Å². The predicted molar refractivity (Wildman–Crippen MR) is 104 cm³/mol. The van der Waals surface area contributed by atoms with E-state index in [2.05, 4.69) is 10.4 Å². The number of aromatic nitrogens is 3. The smallest absolute Gasteiger partial charge is 0.346 e. The molecule has 1 amide bonds. The molecule has 2 aliphatic heterocycles. The first kappa shape index (κ1) is 18.6. The highest BCUT2D eigenvalue weighted by atomic mass is 16.5. The Morgan fingerprint density at radius 3 is 3.04 bits per heavy atom. The quantitative estimate of drug-likeness (QED) is 0.851. The SMILES string of the molecule is CCOc1cc2c(cc1NC(=O)Cn1nc3n(c1=O)CCCCC3)OC(C)C2. The number of ether oxygens (including phenoxy) is 2. The molecule has 8 heteroatoms. The van der Waals surface area contributed by atoms with Crippen LogP contribution in [0.3, 0.4) is 0 Å². The van der Waals surface area contributed by atoms with Crippen LogP contribution in [0.5, 0.6) is 11.5 Å². The van der Waals surface area contributed by atoms with Crippen molar-refractivity contribution in [2.24, 2.45) is 0 Å². The van der Waals surface area contributed by atoms with Crippen molar-refractivity contribution in [1.29, 1.82) is 0 Å². The summed E-state index contributed by atoms with van der Waals surface area (Å²) >= 11 is 0. The van der Waals surface area contributed by atoms with Gasteiger partial charge in [-0.2, -0.15) is 5.10 Å². The number of rotatable bonds is 5. The molecular formula is C20H26N4O4.